The normalized spacial score (nSPS) is 8.80. The first kappa shape index (κ1) is 10.5. The monoisotopic (exact) mass is 207 g/mol. The van der Waals surface area contributed by atoms with E-state index in [-0.39, 0.29) is 17.8 Å². The van der Waals surface area contributed by atoms with E-state index in [0.29, 0.717) is 0 Å². The van der Waals surface area contributed by atoms with Crippen LogP contribution in [0.5, 0.6) is 0 Å². The molecule has 0 bridgehead atoms. The number of hydrogen-bond acceptors (Lipinski definition) is 9. The molecule has 0 aliphatic heterocycles. The van der Waals surface area contributed by atoms with E-state index in [1.54, 1.807) is 18.5 Å². The molecule has 0 unspecified atom stereocenters. The Balaban J connectivity index is 0.000000162. The molecule has 0 atom stereocenters. The van der Waals surface area contributed by atoms with Crippen molar-refractivity contribution in [2.75, 3.05) is 17.2 Å². The van der Waals surface area contributed by atoms with Crippen molar-refractivity contribution < 1.29 is 0 Å². The molecule has 0 saturated carbocycles. The van der Waals surface area contributed by atoms with E-state index in [1.807, 2.05) is 0 Å². The van der Waals surface area contributed by atoms with Crippen molar-refractivity contribution in [3.8, 4) is 0 Å². The van der Waals surface area contributed by atoms with Gasteiger partial charge in [0.2, 0.25) is 17.8 Å². The van der Waals surface area contributed by atoms with Crippen LogP contribution in [0.4, 0.5) is 17.8 Å². The molecular weight excluding hydrogens is 198 g/mol. The highest BCUT2D eigenvalue weighted by Gasteiger charge is 1.93. The molecule has 0 spiro atoms. The Kier molecular flexibility index (Phi) is 3.65. The minimum atomic E-state index is 0.0417. The number of anilines is 3. The summed E-state index contributed by atoms with van der Waals surface area (Å²) in [5.74, 6) is 0.125. The molecule has 2 rings (SSSR count). The number of nitrogens with two attached hydrogens (primary N) is 3. The van der Waals surface area contributed by atoms with Gasteiger partial charge in [-0.2, -0.15) is 15.0 Å². The van der Waals surface area contributed by atoms with Gasteiger partial charge in [0.25, 0.3) is 0 Å². The molecule has 0 saturated heterocycles. The Bertz CT molecular complexity index is 325. The van der Waals surface area contributed by atoms with Gasteiger partial charge in [-0.3, -0.25) is 0 Å². The van der Waals surface area contributed by atoms with Gasteiger partial charge < -0.3 is 17.2 Å². The molecule has 0 aliphatic rings. The Morgan fingerprint density at radius 2 is 1.13 bits per heavy atom. The Labute approximate surface area is 84.8 Å². The molecule has 0 aliphatic carbocycles. The van der Waals surface area contributed by atoms with Crippen LogP contribution in [0.3, 0.4) is 0 Å². The largest absolute Gasteiger partial charge is 0.368 e. The van der Waals surface area contributed by atoms with Gasteiger partial charge in [-0.1, -0.05) is 0 Å². The summed E-state index contributed by atoms with van der Waals surface area (Å²) >= 11 is 0. The topological polar surface area (TPSA) is 155 Å². The van der Waals surface area contributed by atoms with Crippen LogP contribution in [0.2, 0.25) is 0 Å². The van der Waals surface area contributed by atoms with E-state index in [1.165, 1.54) is 0 Å². The van der Waals surface area contributed by atoms with Gasteiger partial charge in [-0.05, 0) is 11.3 Å². The van der Waals surface area contributed by atoms with Crippen molar-refractivity contribution in [1.29, 1.82) is 0 Å². The van der Waals surface area contributed by atoms with Gasteiger partial charge in [0.05, 0.1) is 12.4 Å². The first-order valence-corrected chi connectivity index (χ1v) is 3.79. The van der Waals surface area contributed by atoms with Crippen molar-refractivity contribution in [3.05, 3.63) is 18.5 Å². The van der Waals surface area contributed by atoms with Crippen LogP contribution in [0.15, 0.2) is 18.5 Å². The molecular formula is C6H9N9. The third-order valence-corrected chi connectivity index (χ3v) is 1.10. The average molecular weight is 207 g/mol. The maximum Gasteiger partial charge on any atom is 0.226 e. The highest BCUT2D eigenvalue weighted by molar-refractivity contribution is 5.33. The second-order valence-electron chi connectivity index (χ2n) is 2.22. The molecule has 78 valence electrons. The third kappa shape index (κ3) is 4.26. The zero-order valence-electron chi connectivity index (χ0n) is 7.65. The summed E-state index contributed by atoms with van der Waals surface area (Å²) in [6.45, 7) is 0. The molecule has 0 radical (unpaired) electrons. The van der Waals surface area contributed by atoms with Gasteiger partial charge in [-0.15, -0.1) is 10.2 Å². The molecule has 2 aromatic heterocycles. The molecule has 6 N–H and O–H groups in total. The minimum absolute atomic E-state index is 0.0417. The summed E-state index contributed by atoms with van der Waals surface area (Å²) in [6, 6.07) is 1.72. The quantitative estimate of drug-likeness (QED) is 0.467. The summed E-state index contributed by atoms with van der Waals surface area (Å²) in [4.78, 5) is 10.5. The molecule has 9 heteroatoms. The first-order valence-electron chi connectivity index (χ1n) is 3.79. The number of rotatable bonds is 0. The predicted octanol–water partition coefficient (Wildman–Crippen LogP) is -1.51. The fourth-order valence-corrected chi connectivity index (χ4v) is 0.632. The highest BCUT2D eigenvalue weighted by Crippen LogP contribution is 1.97. The summed E-state index contributed by atoms with van der Waals surface area (Å²) in [6.07, 6.45) is 3.15. The Morgan fingerprint density at radius 1 is 0.733 bits per heavy atom. The van der Waals surface area contributed by atoms with Crippen molar-refractivity contribution in [3.63, 3.8) is 0 Å². The lowest BCUT2D eigenvalue weighted by molar-refractivity contribution is 0.865. The molecule has 9 nitrogen and oxygen atoms in total. The van der Waals surface area contributed by atoms with Gasteiger partial charge in [0, 0.05) is 0 Å². The highest BCUT2D eigenvalue weighted by atomic mass is 15.3. The fourth-order valence-electron chi connectivity index (χ4n) is 0.632. The number of nitrogen functional groups attached to an aromatic ring is 3. The first-order chi connectivity index (χ1) is 7.18. The summed E-state index contributed by atoms with van der Waals surface area (Å²) < 4.78 is 0. The third-order valence-electron chi connectivity index (χ3n) is 1.10. The van der Waals surface area contributed by atoms with E-state index >= 15 is 0 Å². The van der Waals surface area contributed by atoms with Crippen LogP contribution < -0.4 is 17.2 Å². The van der Waals surface area contributed by atoms with E-state index in [0.717, 1.165) is 0 Å². The maximum absolute atomic E-state index is 5.14. The predicted molar refractivity (Wildman–Crippen MR) is 52.9 cm³/mol. The lowest BCUT2D eigenvalue weighted by Gasteiger charge is -1.93. The van der Waals surface area contributed by atoms with Gasteiger partial charge in [0.15, 0.2) is 0 Å². The molecule has 2 aromatic rings. The average Bonchev–Trinajstić information content (AvgIpc) is 2.19. The van der Waals surface area contributed by atoms with Crippen molar-refractivity contribution >= 4 is 17.8 Å². The SMILES string of the molecule is Nc1nc(N)nc(N)n1.c1cnnnc1. The molecule has 0 amide bonds. The summed E-state index contributed by atoms with van der Waals surface area (Å²) in [5, 5.41) is 10.1. The fraction of sp³-hybridized carbons (Fsp3) is 0. The molecule has 15 heavy (non-hydrogen) atoms. The second kappa shape index (κ2) is 5.21. The van der Waals surface area contributed by atoms with Crippen LogP contribution in [0, 0.1) is 0 Å². The van der Waals surface area contributed by atoms with Crippen LogP contribution >= 0.6 is 0 Å². The van der Waals surface area contributed by atoms with Crippen LogP contribution in [0.1, 0.15) is 0 Å². The minimum Gasteiger partial charge on any atom is -0.368 e. The van der Waals surface area contributed by atoms with E-state index < -0.39 is 0 Å². The molecule has 2 heterocycles. The smallest absolute Gasteiger partial charge is 0.226 e. The Hall–Kier alpha value is -2.58. The zero-order chi connectivity index (χ0) is 11.1. The van der Waals surface area contributed by atoms with E-state index in [2.05, 4.69) is 30.4 Å². The summed E-state index contributed by atoms with van der Waals surface area (Å²) in [5.41, 5.74) is 15.4. The van der Waals surface area contributed by atoms with Gasteiger partial charge >= 0.3 is 0 Å². The number of hydrogen-bond donors (Lipinski definition) is 3. The maximum atomic E-state index is 5.14. The van der Waals surface area contributed by atoms with E-state index in [4.69, 9.17) is 17.2 Å². The molecule has 0 aromatic carbocycles. The van der Waals surface area contributed by atoms with Crippen LogP contribution in [-0.4, -0.2) is 30.4 Å². The lowest BCUT2D eigenvalue weighted by Crippen LogP contribution is -2.05. The van der Waals surface area contributed by atoms with Crippen molar-refractivity contribution in [2.24, 2.45) is 0 Å². The van der Waals surface area contributed by atoms with Gasteiger partial charge in [-0.25, -0.2) is 0 Å². The van der Waals surface area contributed by atoms with Crippen LogP contribution in [0.25, 0.3) is 0 Å². The Morgan fingerprint density at radius 3 is 1.33 bits per heavy atom. The van der Waals surface area contributed by atoms with Crippen LogP contribution in [-0.2, 0) is 0 Å². The molecule has 0 fully saturated rings. The van der Waals surface area contributed by atoms with Crippen molar-refractivity contribution in [2.45, 2.75) is 0 Å². The van der Waals surface area contributed by atoms with Crippen molar-refractivity contribution in [1.82, 2.24) is 30.4 Å². The second-order valence-corrected chi connectivity index (χ2v) is 2.22. The number of aromatic nitrogens is 6. The summed E-state index contributed by atoms with van der Waals surface area (Å²) in [7, 11) is 0. The standard InChI is InChI=1S/C3H6N6.C3H3N3/c4-1-7-2(5)9-3(6)8-1;1-2-4-6-5-3-1/h(H6,4,5,6,7,8,9);1-3H. The number of nitrogens with zero attached hydrogens (tertiary/aromatic N) is 6. The van der Waals surface area contributed by atoms with E-state index in [9.17, 15) is 0 Å². The lowest BCUT2D eigenvalue weighted by atomic mass is 10.7. The van der Waals surface area contributed by atoms with Gasteiger partial charge in [0.1, 0.15) is 0 Å². The zero-order valence-corrected chi connectivity index (χ0v) is 7.65.